The lowest BCUT2D eigenvalue weighted by Crippen LogP contribution is -2.21. The van der Waals surface area contributed by atoms with E-state index in [4.69, 9.17) is 0 Å². The van der Waals surface area contributed by atoms with Crippen molar-refractivity contribution in [2.45, 2.75) is 26.1 Å². The third-order valence-corrected chi connectivity index (χ3v) is 6.28. The van der Waals surface area contributed by atoms with Crippen LogP contribution in [0.4, 0.5) is 0 Å². The van der Waals surface area contributed by atoms with Gasteiger partial charge in [-0.1, -0.05) is 48.5 Å². The molecule has 3 nitrogen and oxygen atoms in total. The topological polar surface area (TPSA) is 21.9 Å². The molecule has 3 aromatic carbocycles. The molecule has 1 aliphatic rings. The van der Waals surface area contributed by atoms with Crippen molar-refractivity contribution < 1.29 is 0 Å². The lowest BCUT2D eigenvalue weighted by atomic mass is 9.97. The maximum atomic E-state index is 3.85. The largest absolute Gasteiger partial charge is 0.341 e. The molecule has 0 bridgehead atoms. The molecule has 0 radical (unpaired) electrons. The molecule has 29 heavy (non-hydrogen) atoms. The normalized spacial score (nSPS) is 16.0. The van der Waals surface area contributed by atoms with Gasteiger partial charge in [-0.15, -0.1) is 0 Å². The highest BCUT2D eigenvalue weighted by atomic mass is 15.1. The second kappa shape index (κ2) is 6.36. The Balaban J connectivity index is 1.64. The maximum absolute atomic E-state index is 3.85. The Kier molecular flexibility index (Phi) is 3.65. The van der Waals surface area contributed by atoms with Gasteiger partial charge in [-0.25, -0.2) is 0 Å². The molecule has 1 N–H and O–H groups in total. The van der Waals surface area contributed by atoms with Crippen molar-refractivity contribution in [3.63, 3.8) is 0 Å². The number of benzene rings is 3. The van der Waals surface area contributed by atoms with Crippen molar-refractivity contribution in [2.75, 3.05) is 0 Å². The summed E-state index contributed by atoms with van der Waals surface area (Å²) in [6.45, 7) is 4.04. The molecule has 142 valence electrons. The van der Waals surface area contributed by atoms with Gasteiger partial charge in [0.2, 0.25) is 0 Å². The molecule has 0 aliphatic carbocycles. The summed E-state index contributed by atoms with van der Waals surface area (Å²) in [7, 11) is 0. The Labute approximate surface area is 170 Å². The van der Waals surface area contributed by atoms with Gasteiger partial charge in [0.05, 0.1) is 6.04 Å². The van der Waals surface area contributed by atoms with Crippen molar-refractivity contribution in [2.24, 2.45) is 0 Å². The fourth-order valence-electron chi connectivity index (χ4n) is 5.04. The van der Waals surface area contributed by atoms with Crippen LogP contribution in [0.3, 0.4) is 0 Å². The lowest BCUT2D eigenvalue weighted by molar-refractivity contribution is 0.604. The second-order valence-corrected chi connectivity index (χ2v) is 7.75. The zero-order chi connectivity index (χ0) is 19.4. The molecular formula is C26H23N3. The van der Waals surface area contributed by atoms with Crippen LogP contribution in [0.5, 0.6) is 0 Å². The molecule has 6 rings (SSSR count). The van der Waals surface area contributed by atoms with E-state index in [-0.39, 0.29) is 6.04 Å². The van der Waals surface area contributed by atoms with Crippen LogP contribution < -0.4 is 5.32 Å². The minimum absolute atomic E-state index is 0.136. The van der Waals surface area contributed by atoms with Gasteiger partial charge >= 0.3 is 0 Å². The second-order valence-electron chi connectivity index (χ2n) is 7.75. The van der Waals surface area contributed by atoms with Gasteiger partial charge in [-0.2, -0.15) is 0 Å². The minimum atomic E-state index is 0.136. The highest BCUT2D eigenvalue weighted by molar-refractivity contribution is 6.10. The zero-order valence-electron chi connectivity index (χ0n) is 16.5. The maximum Gasteiger partial charge on any atom is 0.0744 e. The van der Waals surface area contributed by atoms with Crippen LogP contribution in [-0.4, -0.2) is 9.13 Å². The third kappa shape index (κ3) is 2.34. The molecule has 2 aromatic heterocycles. The summed E-state index contributed by atoms with van der Waals surface area (Å²) in [4.78, 5) is 0. The highest BCUT2D eigenvalue weighted by Gasteiger charge is 2.25. The molecule has 0 saturated carbocycles. The van der Waals surface area contributed by atoms with Crippen LogP contribution in [0, 0.1) is 0 Å². The molecule has 1 atom stereocenters. The molecule has 0 saturated heterocycles. The van der Waals surface area contributed by atoms with Crippen molar-refractivity contribution in [1.29, 1.82) is 0 Å². The number of aromatic nitrogens is 2. The predicted octanol–water partition coefficient (Wildman–Crippen LogP) is 5.80. The van der Waals surface area contributed by atoms with Crippen LogP contribution in [-0.2, 0) is 13.1 Å². The van der Waals surface area contributed by atoms with E-state index < -0.39 is 0 Å². The number of nitrogens with one attached hydrogen (secondary N) is 1. The number of para-hydroxylation sites is 2. The minimum Gasteiger partial charge on any atom is -0.341 e. The van der Waals surface area contributed by atoms with E-state index in [2.05, 4.69) is 106 Å². The van der Waals surface area contributed by atoms with Crippen LogP contribution in [0.25, 0.3) is 27.5 Å². The average Bonchev–Trinajstić information content (AvgIpc) is 3.33. The van der Waals surface area contributed by atoms with E-state index in [0.717, 1.165) is 13.1 Å². The van der Waals surface area contributed by atoms with Crippen molar-refractivity contribution >= 4 is 21.8 Å². The van der Waals surface area contributed by atoms with Crippen LogP contribution in [0.2, 0.25) is 0 Å². The van der Waals surface area contributed by atoms with Crippen LogP contribution in [0.15, 0.2) is 85.1 Å². The summed E-state index contributed by atoms with van der Waals surface area (Å²) in [5.74, 6) is 0. The number of nitrogens with zero attached hydrogens (tertiary/aromatic N) is 2. The first-order valence-electron chi connectivity index (χ1n) is 10.4. The van der Waals surface area contributed by atoms with Crippen molar-refractivity contribution in [3.05, 3.63) is 102 Å². The summed E-state index contributed by atoms with van der Waals surface area (Å²) in [6.07, 6.45) is 2.18. The first kappa shape index (κ1) is 16.6. The first-order chi connectivity index (χ1) is 14.4. The summed E-state index contributed by atoms with van der Waals surface area (Å²) in [5.41, 5.74) is 7.85. The quantitative estimate of drug-likeness (QED) is 0.413. The average molecular weight is 377 g/mol. The Morgan fingerprint density at radius 3 is 2.62 bits per heavy atom. The lowest BCUT2D eigenvalue weighted by Gasteiger charge is -2.19. The van der Waals surface area contributed by atoms with Gasteiger partial charge in [0, 0.05) is 52.5 Å². The summed E-state index contributed by atoms with van der Waals surface area (Å²) in [5, 5.41) is 6.55. The van der Waals surface area contributed by atoms with Gasteiger partial charge in [-0.3, -0.25) is 0 Å². The van der Waals surface area contributed by atoms with Gasteiger partial charge in [-0.05, 0) is 48.4 Å². The van der Waals surface area contributed by atoms with Gasteiger partial charge < -0.3 is 14.5 Å². The van der Waals surface area contributed by atoms with Gasteiger partial charge in [0.1, 0.15) is 0 Å². The van der Waals surface area contributed by atoms with E-state index in [1.807, 2.05) is 0 Å². The Morgan fingerprint density at radius 2 is 1.69 bits per heavy atom. The highest BCUT2D eigenvalue weighted by Crippen LogP contribution is 2.38. The summed E-state index contributed by atoms with van der Waals surface area (Å²) < 4.78 is 4.77. The van der Waals surface area contributed by atoms with E-state index in [0.29, 0.717) is 0 Å². The van der Waals surface area contributed by atoms with Crippen LogP contribution >= 0.6 is 0 Å². The molecule has 3 heterocycles. The molecule has 0 fully saturated rings. The Hall–Kier alpha value is -3.30. The zero-order valence-corrected chi connectivity index (χ0v) is 16.5. The number of fused-ring (bicyclic) bond motifs is 6. The van der Waals surface area contributed by atoms with Gasteiger partial charge in [0.25, 0.3) is 0 Å². The fraction of sp³-hybridized carbons (Fsp3) is 0.154. The molecule has 0 amide bonds. The van der Waals surface area contributed by atoms with Crippen molar-refractivity contribution in [1.82, 2.24) is 14.5 Å². The van der Waals surface area contributed by atoms with Crippen LogP contribution in [0.1, 0.15) is 29.8 Å². The van der Waals surface area contributed by atoms with E-state index in [1.165, 1.54) is 44.3 Å². The molecule has 0 unspecified atom stereocenters. The van der Waals surface area contributed by atoms with Gasteiger partial charge in [0.15, 0.2) is 0 Å². The summed E-state index contributed by atoms with van der Waals surface area (Å²) >= 11 is 0. The standard InChI is InChI=1S/C26H23N3/c1-2-28-22-13-6-4-10-19(22)25-20(11-7-14-23(25)28)26-24-15-8-16-29(24)21-12-5-3-9-18(21)17-27-26/h3-16,26-27H,2,17H2,1H3/t26-/m0/s1. The van der Waals surface area contributed by atoms with Crippen molar-refractivity contribution in [3.8, 4) is 5.69 Å². The number of aryl methyl sites for hydroxylation is 1. The number of hydrogen-bond donors (Lipinski definition) is 1. The SMILES string of the molecule is CCn1c2ccccc2c2c([C@@H]3NCc4ccccc4-n4cccc43)cccc21. The number of hydrogen-bond acceptors (Lipinski definition) is 1. The monoisotopic (exact) mass is 377 g/mol. The Morgan fingerprint density at radius 1 is 0.862 bits per heavy atom. The van der Waals surface area contributed by atoms with E-state index >= 15 is 0 Å². The molecule has 0 spiro atoms. The molecule has 5 aromatic rings. The fourth-order valence-corrected chi connectivity index (χ4v) is 5.04. The smallest absolute Gasteiger partial charge is 0.0744 e. The molecule has 1 aliphatic heterocycles. The molecular weight excluding hydrogens is 354 g/mol. The van der Waals surface area contributed by atoms with E-state index in [1.54, 1.807) is 0 Å². The first-order valence-corrected chi connectivity index (χ1v) is 10.4. The van der Waals surface area contributed by atoms with E-state index in [9.17, 15) is 0 Å². The molecule has 3 heteroatoms. The third-order valence-electron chi connectivity index (χ3n) is 6.28. The predicted molar refractivity (Wildman–Crippen MR) is 120 cm³/mol. The Bertz CT molecular complexity index is 1360. The number of rotatable bonds is 2. The summed E-state index contributed by atoms with van der Waals surface area (Å²) in [6, 6.07) is 28.8.